The fraction of sp³-hybridized carbons (Fsp3) is 0.500. The Morgan fingerprint density at radius 2 is 1.95 bits per heavy atom. The van der Waals surface area contributed by atoms with Gasteiger partial charge in [0.25, 0.3) is 0 Å². The summed E-state index contributed by atoms with van der Waals surface area (Å²) in [4.78, 5) is 18.1. The molecule has 2 aromatic heterocycles. The number of nitrogens with one attached hydrogen (secondary N) is 1. The van der Waals surface area contributed by atoms with E-state index in [4.69, 9.17) is 4.98 Å². The summed E-state index contributed by atoms with van der Waals surface area (Å²) in [6, 6.07) is 2.71. The van der Waals surface area contributed by atoms with Crippen LogP contribution in [0.2, 0.25) is 0 Å². The lowest BCUT2D eigenvalue weighted by Crippen LogP contribution is -2.48. The van der Waals surface area contributed by atoms with Gasteiger partial charge >= 0.3 is 0 Å². The van der Waals surface area contributed by atoms with E-state index in [2.05, 4.69) is 27.2 Å². The highest BCUT2D eigenvalue weighted by Crippen LogP contribution is 2.38. The van der Waals surface area contributed by atoms with E-state index in [1.807, 2.05) is 13.0 Å². The largest absolute Gasteiger partial charge is 0.305 e. The van der Waals surface area contributed by atoms with Crippen LogP contribution in [0.25, 0.3) is 11.5 Å². The van der Waals surface area contributed by atoms with Gasteiger partial charge in [-0.2, -0.15) is 0 Å². The summed E-state index contributed by atoms with van der Waals surface area (Å²) in [6.45, 7) is 4.27. The Bertz CT molecular complexity index is 670. The normalized spacial score (nSPS) is 27.2. The third kappa shape index (κ3) is 2.12. The van der Waals surface area contributed by atoms with Crippen molar-refractivity contribution in [2.45, 2.75) is 45.2 Å². The second-order valence-corrected chi connectivity index (χ2v) is 6.14. The van der Waals surface area contributed by atoms with Gasteiger partial charge in [-0.05, 0) is 38.2 Å². The van der Waals surface area contributed by atoms with E-state index >= 15 is 0 Å². The van der Waals surface area contributed by atoms with Crippen LogP contribution in [0.5, 0.6) is 0 Å². The summed E-state index contributed by atoms with van der Waals surface area (Å²) in [5, 5.41) is 3.73. The number of aromatic nitrogens is 4. The molecule has 0 aliphatic carbocycles. The van der Waals surface area contributed by atoms with Gasteiger partial charge in [0.15, 0.2) is 5.82 Å². The van der Waals surface area contributed by atoms with Crippen LogP contribution >= 0.6 is 0 Å². The van der Waals surface area contributed by atoms with E-state index in [0.29, 0.717) is 23.8 Å². The zero-order chi connectivity index (χ0) is 14.4. The maximum absolute atomic E-state index is 4.72. The van der Waals surface area contributed by atoms with Crippen molar-refractivity contribution in [1.29, 1.82) is 0 Å². The molecular weight excluding hydrogens is 262 g/mol. The Hall–Kier alpha value is -1.88. The van der Waals surface area contributed by atoms with Crippen LogP contribution in [-0.2, 0) is 6.42 Å². The number of aryl methyl sites for hydroxylation is 1. The predicted molar refractivity (Wildman–Crippen MR) is 79.6 cm³/mol. The molecule has 21 heavy (non-hydrogen) atoms. The first kappa shape index (κ1) is 12.8. The Morgan fingerprint density at radius 3 is 2.76 bits per heavy atom. The molecule has 1 fully saturated rings. The molecule has 4 rings (SSSR count). The van der Waals surface area contributed by atoms with Crippen LogP contribution in [0.1, 0.15) is 42.9 Å². The van der Waals surface area contributed by atoms with Gasteiger partial charge in [0.05, 0.1) is 11.7 Å². The number of nitrogens with zero attached hydrogens (tertiary/aromatic N) is 4. The van der Waals surface area contributed by atoms with Crippen LogP contribution in [0, 0.1) is 12.8 Å². The number of rotatable bonds is 1. The van der Waals surface area contributed by atoms with Gasteiger partial charge in [-0.3, -0.25) is 0 Å². The summed E-state index contributed by atoms with van der Waals surface area (Å²) < 4.78 is 0. The smallest absolute Gasteiger partial charge is 0.178 e. The molecule has 2 aromatic rings. The summed E-state index contributed by atoms with van der Waals surface area (Å²) in [7, 11) is 0. The van der Waals surface area contributed by atoms with Gasteiger partial charge in [-0.1, -0.05) is 6.92 Å². The molecule has 0 unspecified atom stereocenters. The van der Waals surface area contributed by atoms with Gasteiger partial charge in [0, 0.05) is 24.0 Å². The van der Waals surface area contributed by atoms with E-state index in [9.17, 15) is 0 Å². The van der Waals surface area contributed by atoms with Crippen molar-refractivity contribution in [2.75, 3.05) is 0 Å². The van der Waals surface area contributed by atoms with Crippen molar-refractivity contribution >= 4 is 0 Å². The monoisotopic (exact) mass is 281 g/mol. The summed E-state index contributed by atoms with van der Waals surface area (Å²) in [5.74, 6) is 2.21. The first-order valence-corrected chi connectivity index (χ1v) is 7.63. The van der Waals surface area contributed by atoms with Crippen LogP contribution in [0.15, 0.2) is 18.5 Å². The molecule has 0 saturated carbocycles. The fourth-order valence-corrected chi connectivity index (χ4v) is 3.55. The van der Waals surface area contributed by atoms with Crippen molar-refractivity contribution in [3.63, 3.8) is 0 Å². The van der Waals surface area contributed by atoms with E-state index in [0.717, 1.165) is 30.1 Å². The topological polar surface area (TPSA) is 63.6 Å². The molecule has 1 saturated heterocycles. The van der Waals surface area contributed by atoms with E-state index in [-0.39, 0.29) is 0 Å². The van der Waals surface area contributed by atoms with Crippen molar-refractivity contribution in [3.8, 4) is 11.5 Å². The molecule has 108 valence electrons. The first-order valence-electron chi connectivity index (χ1n) is 7.63. The average Bonchev–Trinajstić information content (AvgIpc) is 2.52. The average molecular weight is 281 g/mol. The molecule has 4 heterocycles. The molecular formula is C16H19N5. The van der Waals surface area contributed by atoms with Gasteiger partial charge in [-0.15, -0.1) is 0 Å². The van der Waals surface area contributed by atoms with Gasteiger partial charge in [0.1, 0.15) is 11.5 Å². The van der Waals surface area contributed by atoms with Crippen LogP contribution in [0.4, 0.5) is 0 Å². The summed E-state index contributed by atoms with van der Waals surface area (Å²) >= 11 is 0. The number of fused-ring (bicyclic) bond motifs is 4. The molecule has 5 heteroatoms. The Labute approximate surface area is 124 Å². The Morgan fingerprint density at radius 1 is 1.14 bits per heavy atom. The second kappa shape index (κ2) is 4.84. The molecule has 0 aromatic carbocycles. The highest BCUT2D eigenvalue weighted by molar-refractivity contribution is 5.57. The van der Waals surface area contributed by atoms with Gasteiger partial charge < -0.3 is 5.32 Å². The maximum Gasteiger partial charge on any atom is 0.178 e. The van der Waals surface area contributed by atoms with Gasteiger partial charge in [-0.25, -0.2) is 19.9 Å². The highest BCUT2D eigenvalue weighted by Gasteiger charge is 2.36. The van der Waals surface area contributed by atoms with E-state index in [1.165, 1.54) is 12.0 Å². The van der Waals surface area contributed by atoms with Crippen LogP contribution < -0.4 is 5.32 Å². The zero-order valence-corrected chi connectivity index (χ0v) is 12.4. The lowest BCUT2D eigenvalue weighted by molar-refractivity contribution is 0.224. The Kier molecular flexibility index (Phi) is 2.96. The summed E-state index contributed by atoms with van der Waals surface area (Å²) in [5.41, 5.74) is 3.32. The van der Waals surface area contributed by atoms with Crippen molar-refractivity contribution < 1.29 is 0 Å². The molecule has 5 nitrogen and oxygen atoms in total. The zero-order valence-electron chi connectivity index (χ0n) is 12.4. The van der Waals surface area contributed by atoms with Crippen LogP contribution in [0.3, 0.4) is 0 Å². The van der Waals surface area contributed by atoms with Crippen molar-refractivity contribution in [2.24, 2.45) is 5.92 Å². The second-order valence-electron chi connectivity index (χ2n) is 6.14. The van der Waals surface area contributed by atoms with Crippen molar-refractivity contribution in [3.05, 3.63) is 35.5 Å². The number of hydrogen-bond donors (Lipinski definition) is 1. The quantitative estimate of drug-likeness (QED) is 0.868. The van der Waals surface area contributed by atoms with Gasteiger partial charge in [0.2, 0.25) is 0 Å². The lowest BCUT2D eigenvalue weighted by atomic mass is 9.78. The highest BCUT2D eigenvalue weighted by atomic mass is 15.0. The molecule has 0 spiro atoms. The molecule has 1 N–H and O–H groups in total. The third-order valence-electron chi connectivity index (χ3n) is 4.70. The third-order valence-corrected chi connectivity index (χ3v) is 4.70. The lowest BCUT2D eigenvalue weighted by Gasteiger charge is -2.41. The molecule has 0 amide bonds. The standard InChI is InChI=1S/C16H19N5/c1-9-4-5-12-14-11(8-13(9)21-12)15(20-10(2)19-14)16-17-6-3-7-18-16/h3,6-7,9,12-13,21H,4-5,8H2,1-2H3/t9-,12+,13+/m0/s1. The molecule has 3 atom stereocenters. The predicted octanol–water partition coefficient (Wildman–Crippen LogP) is 2.23. The molecule has 2 aliphatic rings. The summed E-state index contributed by atoms with van der Waals surface area (Å²) in [6.07, 6.45) is 6.94. The van der Waals surface area contributed by atoms with E-state index in [1.54, 1.807) is 12.4 Å². The SMILES string of the molecule is Cc1nc(-c2ncccn2)c2c(n1)[C@H]1CC[C@H](C)[C@@H](C2)N1. The minimum absolute atomic E-state index is 0.360. The molecule has 2 aliphatic heterocycles. The first-order chi connectivity index (χ1) is 10.2. The van der Waals surface area contributed by atoms with Crippen LogP contribution in [-0.4, -0.2) is 26.0 Å². The molecule has 2 bridgehead atoms. The number of piperidine rings is 1. The van der Waals surface area contributed by atoms with Crippen molar-refractivity contribution in [1.82, 2.24) is 25.3 Å². The minimum Gasteiger partial charge on any atom is -0.305 e. The van der Waals surface area contributed by atoms with E-state index < -0.39 is 0 Å². The molecule has 0 radical (unpaired) electrons. The maximum atomic E-state index is 4.72. The minimum atomic E-state index is 0.360. The fourth-order valence-electron chi connectivity index (χ4n) is 3.55. The number of hydrogen-bond acceptors (Lipinski definition) is 5. The Balaban J connectivity index is 1.89.